The largest absolute Gasteiger partial charge is 0.394 e. The quantitative estimate of drug-likeness (QED) is 0.492. The normalized spacial score (nSPS) is 10.3. The summed E-state index contributed by atoms with van der Waals surface area (Å²) >= 11 is 0. The van der Waals surface area contributed by atoms with Gasteiger partial charge in [0.2, 0.25) is 0 Å². The van der Waals surface area contributed by atoms with Crippen molar-refractivity contribution >= 4 is 0 Å². The van der Waals surface area contributed by atoms with Crippen LogP contribution in [0.2, 0.25) is 0 Å². The summed E-state index contributed by atoms with van der Waals surface area (Å²) in [6.45, 7) is 3.59. The lowest BCUT2D eigenvalue weighted by Crippen LogP contribution is -2.35. The van der Waals surface area contributed by atoms with Crippen LogP contribution in [0.15, 0.2) is 0 Å². The molecule has 0 aliphatic carbocycles. The van der Waals surface area contributed by atoms with Crippen molar-refractivity contribution in [1.82, 2.24) is 0 Å². The number of hydrogen-bond donors (Lipinski definition) is 2. The standard InChI is InChI=1S/C4H11NO.FH/c1-4(2,5)3-6;/h6H,3,5H2,1-2H3;1H. The minimum atomic E-state index is -0.403. The molecule has 0 rings (SSSR count). The summed E-state index contributed by atoms with van der Waals surface area (Å²) in [7, 11) is 0. The van der Waals surface area contributed by atoms with Gasteiger partial charge in [0, 0.05) is 5.54 Å². The average Bonchev–Trinajstić information content (AvgIpc) is 1.35. The minimum absolute atomic E-state index is 0. The zero-order valence-corrected chi connectivity index (χ0v) is 4.64. The van der Waals surface area contributed by atoms with Gasteiger partial charge in [-0.3, -0.25) is 4.70 Å². The Kier molecular flexibility index (Phi) is 4.18. The van der Waals surface area contributed by atoms with E-state index in [9.17, 15) is 0 Å². The topological polar surface area (TPSA) is 46.2 Å². The number of hydrogen-bond acceptors (Lipinski definition) is 2. The fourth-order valence-corrected chi connectivity index (χ4v) is 0. The van der Waals surface area contributed by atoms with Crippen LogP contribution in [-0.4, -0.2) is 17.3 Å². The van der Waals surface area contributed by atoms with E-state index >= 15 is 0 Å². The lowest BCUT2D eigenvalue weighted by Gasteiger charge is -2.12. The van der Waals surface area contributed by atoms with Crippen molar-refractivity contribution in [2.24, 2.45) is 5.73 Å². The van der Waals surface area contributed by atoms with Crippen molar-refractivity contribution in [3.05, 3.63) is 0 Å². The van der Waals surface area contributed by atoms with E-state index in [4.69, 9.17) is 10.8 Å². The van der Waals surface area contributed by atoms with Gasteiger partial charge >= 0.3 is 0 Å². The second-order valence-corrected chi connectivity index (χ2v) is 2.15. The van der Waals surface area contributed by atoms with E-state index in [0.29, 0.717) is 0 Å². The Hall–Kier alpha value is -0.150. The first-order chi connectivity index (χ1) is 2.56. The maximum atomic E-state index is 8.28. The summed E-state index contributed by atoms with van der Waals surface area (Å²) in [5.74, 6) is 0. The minimum Gasteiger partial charge on any atom is -0.394 e. The van der Waals surface area contributed by atoms with Crippen molar-refractivity contribution in [1.29, 1.82) is 0 Å². The molecule has 2 nitrogen and oxygen atoms in total. The lowest BCUT2D eigenvalue weighted by atomic mass is 10.1. The maximum Gasteiger partial charge on any atom is 0.0605 e. The zero-order valence-electron chi connectivity index (χ0n) is 4.64. The molecule has 0 atom stereocenters. The Morgan fingerprint density at radius 2 is 1.71 bits per heavy atom. The average molecular weight is 109 g/mol. The van der Waals surface area contributed by atoms with Crippen LogP contribution in [0.1, 0.15) is 13.8 Å². The lowest BCUT2D eigenvalue weighted by molar-refractivity contribution is 0.221. The second-order valence-electron chi connectivity index (χ2n) is 2.15. The molecule has 0 radical (unpaired) electrons. The summed E-state index contributed by atoms with van der Waals surface area (Å²) in [5, 5.41) is 8.28. The van der Waals surface area contributed by atoms with Gasteiger partial charge < -0.3 is 10.8 Å². The number of halogens is 1. The van der Waals surface area contributed by atoms with E-state index in [1.54, 1.807) is 13.8 Å². The molecule has 0 saturated carbocycles. The summed E-state index contributed by atoms with van der Waals surface area (Å²) < 4.78 is 0. The molecule has 46 valence electrons. The van der Waals surface area contributed by atoms with Gasteiger partial charge in [0.05, 0.1) is 6.61 Å². The first kappa shape index (κ1) is 9.97. The molecule has 0 aliphatic heterocycles. The first-order valence-corrected chi connectivity index (χ1v) is 1.96. The highest BCUT2D eigenvalue weighted by atomic mass is 19.0. The van der Waals surface area contributed by atoms with Crippen LogP contribution in [0.4, 0.5) is 4.70 Å². The zero-order chi connectivity index (χ0) is 5.21. The summed E-state index contributed by atoms with van der Waals surface area (Å²) in [5.41, 5.74) is 4.88. The van der Waals surface area contributed by atoms with Gasteiger partial charge in [0.25, 0.3) is 0 Å². The molecule has 0 aromatic rings. The van der Waals surface area contributed by atoms with Crippen LogP contribution in [0.5, 0.6) is 0 Å². The fourth-order valence-electron chi connectivity index (χ4n) is 0. The van der Waals surface area contributed by atoms with Crippen LogP contribution in [0.25, 0.3) is 0 Å². The Labute approximate surface area is 42.7 Å². The monoisotopic (exact) mass is 109 g/mol. The molecule has 0 unspecified atom stereocenters. The van der Waals surface area contributed by atoms with Crippen LogP contribution in [-0.2, 0) is 0 Å². The van der Waals surface area contributed by atoms with Gasteiger partial charge in [-0.05, 0) is 13.8 Å². The van der Waals surface area contributed by atoms with Gasteiger partial charge in [0.15, 0.2) is 0 Å². The number of nitrogens with two attached hydrogens (primary N) is 1. The Bertz CT molecular complexity index is 41.4. The molecule has 0 bridgehead atoms. The van der Waals surface area contributed by atoms with Gasteiger partial charge in [-0.2, -0.15) is 0 Å². The molecule has 0 aromatic carbocycles. The highest BCUT2D eigenvalue weighted by Gasteiger charge is 2.05. The predicted molar refractivity (Wildman–Crippen MR) is 27.9 cm³/mol. The third-order valence-electron chi connectivity index (χ3n) is 0.408. The fraction of sp³-hybridized carbons (Fsp3) is 1.00. The molecule has 0 saturated heterocycles. The molecule has 0 heterocycles. The van der Waals surface area contributed by atoms with Crippen LogP contribution in [0, 0.1) is 0 Å². The molecule has 0 aromatic heterocycles. The molecule has 0 amide bonds. The SMILES string of the molecule is CC(C)(N)CO.F. The molecule has 7 heavy (non-hydrogen) atoms. The molecular weight excluding hydrogens is 97.0 g/mol. The van der Waals surface area contributed by atoms with E-state index in [0.717, 1.165) is 0 Å². The van der Waals surface area contributed by atoms with Gasteiger partial charge in [-0.15, -0.1) is 0 Å². The van der Waals surface area contributed by atoms with Crippen LogP contribution >= 0.6 is 0 Å². The maximum absolute atomic E-state index is 8.28. The van der Waals surface area contributed by atoms with Gasteiger partial charge in [-0.1, -0.05) is 0 Å². The third-order valence-corrected chi connectivity index (χ3v) is 0.408. The Morgan fingerprint density at radius 3 is 1.71 bits per heavy atom. The molecule has 0 aliphatic rings. The molecule has 0 spiro atoms. The number of rotatable bonds is 1. The smallest absolute Gasteiger partial charge is 0.0605 e. The van der Waals surface area contributed by atoms with E-state index < -0.39 is 5.54 Å². The van der Waals surface area contributed by atoms with E-state index in [2.05, 4.69) is 0 Å². The predicted octanol–water partition coefficient (Wildman–Crippen LogP) is -0.132. The van der Waals surface area contributed by atoms with Crippen molar-refractivity contribution in [3.8, 4) is 0 Å². The van der Waals surface area contributed by atoms with E-state index in [-0.39, 0.29) is 11.3 Å². The first-order valence-electron chi connectivity index (χ1n) is 1.96. The summed E-state index contributed by atoms with van der Waals surface area (Å²) in [6, 6.07) is 0. The van der Waals surface area contributed by atoms with Crippen LogP contribution < -0.4 is 5.73 Å². The van der Waals surface area contributed by atoms with Gasteiger partial charge in [-0.25, -0.2) is 0 Å². The molecule has 3 heteroatoms. The van der Waals surface area contributed by atoms with E-state index in [1.807, 2.05) is 0 Å². The summed E-state index contributed by atoms with van der Waals surface area (Å²) in [6.07, 6.45) is 0. The molecule has 3 N–H and O–H groups in total. The number of aliphatic hydroxyl groups is 1. The number of aliphatic hydroxyl groups excluding tert-OH is 1. The van der Waals surface area contributed by atoms with Gasteiger partial charge in [0.1, 0.15) is 0 Å². The highest BCUT2D eigenvalue weighted by molar-refractivity contribution is 4.67. The molecule has 0 fully saturated rings. The third kappa shape index (κ3) is 10.7. The molecular formula is C4H12FNO. The van der Waals surface area contributed by atoms with E-state index in [1.165, 1.54) is 0 Å². The second kappa shape index (κ2) is 2.93. The van der Waals surface area contributed by atoms with Crippen molar-refractivity contribution < 1.29 is 9.81 Å². The Balaban J connectivity index is 0. The summed E-state index contributed by atoms with van der Waals surface area (Å²) in [4.78, 5) is 0. The van der Waals surface area contributed by atoms with Crippen molar-refractivity contribution in [2.45, 2.75) is 19.4 Å². The van der Waals surface area contributed by atoms with Crippen molar-refractivity contribution in [2.75, 3.05) is 6.61 Å². The van der Waals surface area contributed by atoms with Crippen LogP contribution in [0.3, 0.4) is 0 Å². The highest BCUT2D eigenvalue weighted by Crippen LogP contribution is 1.89. The Morgan fingerprint density at radius 1 is 1.57 bits per heavy atom. The van der Waals surface area contributed by atoms with Crippen molar-refractivity contribution in [3.63, 3.8) is 0 Å².